The molecule has 2 unspecified atom stereocenters. The van der Waals surface area contributed by atoms with Crippen molar-refractivity contribution in [3.8, 4) is 0 Å². The maximum Gasteiger partial charge on any atom is 0.173 e. The molecule has 2 bridgehead atoms. The van der Waals surface area contributed by atoms with Crippen molar-refractivity contribution in [3.05, 3.63) is 21.7 Å². The lowest BCUT2D eigenvalue weighted by molar-refractivity contribution is 0.323. The monoisotopic (exact) mass is 326 g/mol. The number of rotatable bonds is 1. The van der Waals surface area contributed by atoms with E-state index in [0.717, 1.165) is 0 Å². The van der Waals surface area contributed by atoms with Gasteiger partial charge in [-0.2, -0.15) is 0 Å². The van der Waals surface area contributed by atoms with E-state index >= 15 is 0 Å². The van der Waals surface area contributed by atoms with Crippen molar-refractivity contribution < 1.29 is 5.11 Å². The molecule has 0 aromatic heterocycles. The average Bonchev–Trinajstić information content (AvgIpc) is 2.39. The van der Waals surface area contributed by atoms with Gasteiger partial charge in [-0.25, -0.2) is 0 Å². The Morgan fingerprint density at radius 2 is 1.60 bits per heavy atom. The van der Waals surface area contributed by atoms with E-state index in [-0.39, 0.29) is 16.7 Å². The van der Waals surface area contributed by atoms with Crippen LogP contribution in [0, 0.1) is 0 Å². The number of aliphatic hydroxyl groups excluding tert-OH is 1. The van der Waals surface area contributed by atoms with E-state index in [1.165, 1.54) is 6.08 Å². The molecule has 0 saturated carbocycles. The topological polar surface area (TPSA) is 20.2 Å². The molecule has 2 rings (SSSR count). The van der Waals surface area contributed by atoms with Gasteiger partial charge in [-0.15, -0.1) is 23.2 Å². The van der Waals surface area contributed by atoms with Crippen molar-refractivity contribution in [1.82, 2.24) is 0 Å². The molecule has 0 heterocycles. The highest BCUT2D eigenvalue weighted by molar-refractivity contribution is 6.66. The average molecular weight is 329 g/mol. The molecular formula is C8H4Cl6O. The van der Waals surface area contributed by atoms with Gasteiger partial charge in [-0.3, -0.25) is 0 Å². The lowest BCUT2D eigenvalue weighted by Crippen LogP contribution is -2.45. The Bertz CT molecular complexity index is 400. The SMILES string of the molecule is OCC1=CC2(Cl)C(Cl)=C(Cl)C1(Cl)C2(Cl)Cl. The molecule has 0 spiro atoms. The van der Waals surface area contributed by atoms with Crippen LogP contribution in [0.3, 0.4) is 0 Å². The smallest absolute Gasteiger partial charge is 0.173 e. The molecule has 0 radical (unpaired) electrons. The van der Waals surface area contributed by atoms with Crippen LogP contribution in [0.15, 0.2) is 21.7 Å². The number of allylic oxidation sites excluding steroid dienone is 3. The number of halogens is 6. The van der Waals surface area contributed by atoms with Crippen molar-refractivity contribution >= 4 is 69.6 Å². The number of hydrogen-bond acceptors (Lipinski definition) is 1. The standard InChI is InChI=1S/C8H4Cl6O/c9-4-5(10)7(12)3(2-15)1-6(4,11)8(7,13)14/h1,15H,2H2. The molecule has 15 heavy (non-hydrogen) atoms. The van der Waals surface area contributed by atoms with Gasteiger partial charge in [-0.05, 0) is 5.57 Å². The maximum atomic E-state index is 9.15. The zero-order valence-corrected chi connectivity index (χ0v) is 11.5. The summed E-state index contributed by atoms with van der Waals surface area (Å²) in [5, 5.41) is 9.32. The Labute approximate surface area is 117 Å². The molecule has 2 atom stereocenters. The van der Waals surface area contributed by atoms with Crippen molar-refractivity contribution in [2.24, 2.45) is 0 Å². The van der Waals surface area contributed by atoms with E-state index in [2.05, 4.69) is 0 Å². The van der Waals surface area contributed by atoms with Gasteiger partial charge in [-0.1, -0.05) is 52.5 Å². The Hall–Kier alpha value is 1.18. The molecule has 2 aliphatic carbocycles. The summed E-state index contributed by atoms with van der Waals surface area (Å²) in [6.45, 7) is -0.334. The molecule has 0 saturated heterocycles. The fourth-order valence-corrected chi connectivity index (χ4v) is 4.37. The van der Waals surface area contributed by atoms with Gasteiger partial charge in [0, 0.05) is 0 Å². The van der Waals surface area contributed by atoms with E-state index in [1.54, 1.807) is 0 Å². The van der Waals surface area contributed by atoms with Crippen molar-refractivity contribution in [2.45, 2.75) is 14.1 Å². The van der Waals surface area contributed by atoms with Crippen LogP contribution in [0.25, 0.3) is 0 Å². The molecule has 1 nitrogen and oxygen atoms in total. The lowest BCUT2D eigenvalue weighted by Gasteiger charge is -2.32. The Balaban J connectivity index is 2.71. The fourth-order valence-electron chi connectivity index (χ4n) is 1.83. The van der Waals surface area contributed by atoms with Gasteiger partial charge < -0.3 is 5.11 Å². The fraction of sp³-hybridized carbons (Fsp3) is 0.500. The number of hydrogen-bond donors (Lipinski definition) is 1. The minimum absolute atomic E-state index is 0.0670. The molecule has 0 aromatic carbocycles. The van der Waals surface area contributed by atoms with Crippen LogP contribution >= 0.6 is 69.6 Å². The van der Waals surface area contributed by atoms with E-state index in [4.69, 9.17) is 74.7 Å². The van der Waals surface area contributed by atoms with E-state index in [1.807, 2.05) is 0 Å². The van der Waals surface area contributed by atoms with Crippen molar-refractivity contribution in [1.29, 1.82) is 0 Å². The van der Waals surface area contributed by atoms with Gasteiger partial charge in [0.1, 0.15) is 9.75 Å². The Morgan fingerprint density at radius 3 is 1.93 bits per heavy atom. The maximum absolute atomic E-state index is 9.15. The van der Waals surface area contributed by atoms with Crippen LogP contribution in [0.2, 0.25) is 0 Å². The third-order valence-electron chi connectivity index (χ3n) is 2.69. The summed E-state index contributed by atoms with van der Waals surface area (Å²) < 4.78 is -1.60. The second-order valence-electron chi connectivity index (χ2n) is 3.40. The summed E-state index contributed by atoms with van der Waals surface area (Å²) >= 11 is 36.5. The van der Waals surface area contributed by atoms with Crippen LogP contribution in [0.1, 0.15) is 0 Å². The summed E-state index contributed by atoms with van der Waals surface area (Å²) in [4.78, 5) is -2.81. The van der Waals surface area contributed by atoms with E-state index in [0.29, 0.717) is 5.57 Å². The summed E-state index contributed by atoms with van der Waals surface area (Å²) in [5.74, 6) is 0. The second-order valence-corrected chi connectivity index (χ2v) is 6.65. The number of aliphatic hydroxyl groups is 1. The molecule has 1 N–H and O–H groups in total. The third-order valence-corrected chi connectivity index (χ3v) is 6.79. The van der Waals surface area contributed by atoms with Crippen LogP contribution < -0.4 is 0 Å². The highest BCUT2D eigenvalue weighted by atomic mass is 35.5. The largest absolute Gasteiger partial charge is 0.392 e. The quantitative estimate of drug-likeness (QED) is 0.574. The van der Waals surface area contributed by atoms with Crippen molar-refractivity contribution in [3.63, 3.8) is 0 Å². The first-order valence-electron chi connectivity index (χ1n) is 3.88. The molecule has 84 valence electrons. The first kappa shape index (κ1) is 12.6. The molecule has 0 amide bonds. The number of fused-ring (bicyclic) bond motifs is 2. The Kier molecular flexibility index (Phi) is 2.82. The van der Waals surface area contributed by atoms with Crippen LogP contribution in [-0.2, 0) is 0 Å². The predicted molar refractivity (Wildman–Crippen MR) is 65.5 cm³/mol. The first-order valence-corrected chi connectivity index (χ1v) is 6.15. The van der Waals surface area contributed by atoms with Crippen LogP contribution in [0.4, 0.5) is 0 Å². The highest BCUT2D eigenvalue weighted by Gasteiger charge is 2.74. The van der Waals surface area contributed by atoms with Crippen molar-refractivity contribution in [2.75, 3.05) is 6.61 Å². The van der Waals surface area contributed by atoms with E-state index < -0.39 is 14.1 Å². The number of alkyl halides is 4. The first-order chi connectivity index (χ1) is 6.73. The summed E-state index contributed by atoms with van der Waals surface area (Å²) in [6, 6.07) is 0. The Morgan fingerprint density at radius 1 is 1.07 bits per heavy atom. The summed E-state index contributed by atoms with van der Waals surface area (Å²) in [6.07, 6.45) is 1.45. The van der Waals surface area contributed by atoms with Gasteiger partial charge in [0.05, 0.1) is 16.7 Å². The van der Waals surface area contributed by atoms with Crippen LogP contribution in [-0.4, -0.2) is 25.8 Å². The molecule has 2 aliphatic rings. The zero-order valence-electron chi connectivity index (χ0n) is 7.00. The van der Waals surface area contributed by atoms with E-state index in [9.17, 15) is 0 Å². The zero-order chi connectivity index (χ0) is 11.6. The highest BCUT2D eigenvalue weighted by Crippen LogP contribution is 2.71. The summed E-state index contributed by atoms with van der Waals surface area (Å²) in [5.41, 5.74) is 0.360. The van der Waals surface area contributed by atoms with Gasteiger partial charge in [0.2, 0.25) is 0 Å². The van der Waals surface area contributed by atoms with Gasteiger partial charge in [0.25, 0.3) is 0 Å². The second kappa shape index (κ2) is 3.35. The normalized spacial score (nSPS) is 42.5. The molecule has 0 aliphatic heterocycles. The molecule has 7 heteroatoms. The van der Waals surface area contributed by atoms with Gasteiger partial charge in [0.15, 0.2) is 4.33 Å². The minimum Gasteiger partial charge on any atom is -0.392 e. The third kappa shape index (κ3) is 1.14. The molecule has 0 aromatic rings. The lowest BCUT2D eigenvalue weighted by atomic mass is 10.0. The molecular weight excluding hydrogens is 325 g/mol. The molecule has 0 fully saturated rings. The summed E-state index contributed by atoms with van der Waals surface area (Å²) in [7, 11) is 0. The van der Waals surface area contributed by atoms with Crippen LogP contribution in [0.5, 0.6) is 0 Å². The minimum atomic E-state index is -1.60. The predicted octanol–water partition coefficient (Wildman–Crippen LogP) is 3.75. The van der Waals surface area contributed by atoms with Gasteiger partial charge >= 0.3 is 0 Å².